The second kappa shape index (κ2) is 8.10. The van der Waals surface area contributed by atoms with Crippen molar-refractivity contribution in [1.29, 1.82) is 0 Å². The molecule has 1 heterocycles. The van der Waals surface area contributed by atoms with E-state index in [1.165, 1.54) is 4.90 Å². The fourth-order valence-corrected chi connectivity index (χ4v) is 3.92. The SMILES string of the molecule is CSc1ccc(/C=C2/SC(=O)N(CCNC(=O)C3CCC3)C2=O)cc1. The van der Waals surface area contributed by atoms with Gasteiger partial charge in [-0.1, -0.05) is 18.6 Å². The van der Waals surface area contributed by atoms with E-state index in [1.54, 1.807) is 17.8 Å². The fourth-order valence-electron chi connectivity index (χ4n) is 2.65. The average molecular weight is 377 g/mol. The Balaban J connectivity index is 1.57. The van der Waals surface area contributed by atoms with Gasteiger partial charge in [0, 0.05) is 23.9 Å². The summed E-state index contributed by atoms with van der Waals surface area (Å²) >= 11 is 2.60. The van der Waals surface area contributed by atoms with Crippen LogP contribution in [0.4, 0.5) is 4.79 Å². The first-order chi connectivity index (χ1) is 12.1. The Labute approximate surface area is 155 Å². The van der Waals surface area contributed by atoms with Crippen LogP contribution in [-0.4, -0.2) is 41.3 Å². The third kappa shape index (κ3) is 4.27. The first kappa shape index (κ1) is 18.1. The zero-order valence-electron chi connectivity index (χ0n) is 14.0. The lowest BCUT2D eigenvalue weighted by atomic mass is 9.85. The Morgan fingerprint density at radius 3 is 2.64 bits per heavy atom. The second-order valence-electron chi connectivity index (χ2n) is 6.03. The number of hydrogen-bond donors (Lipinski definition) is 1. The third-order valence-electron chi connectivity index (χ3n) is 4.40. The molecule has 25 heavy (non-hydrogen) atoms. The maximum atomic E-state index is 12.4. The maximum Gasteiger partial charge on any atom is 0.293 e. The van der Waals surface area contributed by atoms with E-state index >= 15 is 0 Å². The first-order valence-electron chi connectivity index (χ1n) is 8.25. The summed E-state index contributed by atoms with van der Waals surface area (Å²) in [6.07, 6.45) is 6.72. The van der Waals surface area contributed by atoms with Crippen molar-refractivity contribution >= 4 is 46.7 Å². The lowest BCUT2D eigenvalue weighted by Gasteiger charge is -2.24. The molecule has 1 saturated carbocycles. The Hall–Kier alpha value is -1.73. The summed E-state index contributed by atoms with van der Waals surface area (Å²) in [7, 11) is 0. The number of imide groups is 1. The molecule has 0 spiro atoms. The van der Waals surface area contributed by atoms with E-state index in [0.29, 0.717) is 11.4 Å². The van der Waals surface area contributed by atoms with Crippen LogP contribution in [0.15, 0.2) is 34.1 Å². The van der Waals surface area contributed by atoms with Crippen molar-refractivity contribution < 1.29 is 14.4 Å². The Morgan fingerprint density at radius 1 is 1.32 bits per heavy atom. The Morgan fingerprint density at radius 2 is 2.04 bits per heavy atom. The molecule has 2 aliphatic rings. The highest BCUT2D eigenvalue weighted by molar-refractivity contribution is 8.18. The minimum atomic E-state index is -0.290. The maximum absolute atomic E-state index is 12.4. The molecule has 0 radical (unpaired) electrons. The van der Waals surface area contributed by atoms with Crippen molar-refractivity contribution in [2.24, 2.45) is 5.92 Å². The van der Waals surface area contributed by atoms with E-state index in [2.05, 4.69) is 5.32 Å². The topological polar surface area (TPSA) is 66.5 Å². The predicted octanol–water partition coefficient (Wildman–Crippen LogP) is 3.36. The van der Waals surface area contributed by atoms with Crippen molar-refractivity contribution in [3.05, 3.63) is 34.7 Å². The van der Waals surface area contributed by atoms with E-state index in [9.17, 15) is 14.4 Å². The zero-order chi connectivity index (χ0) is 17.8. The molecule has 0 bridgehead atoms. The molecule has 2 fully saturated rings. The van der Waals surface area contributed by atoms with Gasteiger partial charge in [-0.25, -0.2) is 0 Å². The number of thioether (sulfide) groups is 2. The van der Waals surface area contributed by atoms with Crippen LogP contribution in [-0.2, 0) is 9.59 Å². The van der Waals surface area contributed by atoms with Crippen molar-refractivity contribution in [1.82, 2.24) is 10.2 Å². The number of carbonyl (C=O) groups is 3. The van der Waals surface area contributed by atoms with Gasteiger partial charge in [-0.05, 0) is 54.6 Å². The van der Waals surface area contributed by atoms with E-state index in [-0.39, 0.29) is 29.5 Å². The van der Waals surface area contributed by atoms with Crippen molar-refractivity contribution in [2.75, 3.05) is 19.3 Å². The highest BCUT2D eigenvalue weighted by Crippen LogP contribution is 2.32. The quantitative estimate of drug-likeness (QED) is 0.609. The zero-order valence-corrected chi connectivity index (χ0v) is 15.6. The summed E-state index contributed by atoms with van der Waals surface area (Å²) in [4.78, 5) is 39.1. The summed E-state index contributed by atoms with van der Waals surface area (Å²) in [5, 5.41) is 2.53. The second-order valence-corrected chi connectivity index (χ2v) is 7.90. The predicted molar refractivity (Wildman–Crippen MR) is 101 cm³/mol. The summed E-state index contributed by atoms with van der Waals surface area (Å²) in [6.45, 7) is 0.523. The Bertz CT molecular complexity index is 712. The number of carbonyl (C=O) groups excluding carboxylic acids is 3. The smallest absolute Gasteiger partial charge is 0.293 e. The van der Waals surface area contributed by atoms with Crippen LogP contribution in [0.25, 0.3) is 6.08 Å². The summed E-state index contributed by atoms with van der Waals surface area (Å²) in [6, 6.07) is 7.82. The van der Waals surface area contributed by atoms with Gasteiger partial charge in [0.2, 0.25) is 5.91 Å². The number of rotatable bonds is 6. The number of hydrogen-bond acceptors (Lipinski definition) is 5. The molecule has 1 saturated heterocycles. The molecular formula is C18H20N2O3S2. The van der Waals surface area contributed by atoms with Crippen LogP contribution >= 0.6 is 23.5 Å². The van der Waals surface area contributed by atoms with Crippen molar-refractivity contribution in [3.8, 4) is 0 Å². The van der Waals surface area contributed by atoms with E-state index in [1.807, 2.05) is 30.5 Å². The van der Waals surface area contributed by atoms with Gasteiger partial charge in [0.1, 0.15) is 0 Å². The molecule has 3 rings (SSSR count). The molecule has 0 unspecified atom stereocenters. The van der Waals surface area contributed by atoms with Gasteiger partial charge in [0.05, 0.1) is 4.91 Å². The number of nitrogens with zero attached hydrogens (tertiary/aromatic N) is 1. The Kier molecular flexibility index (Phi) is 5.86. The lowest BCUT2D eigenvalue weighted by molar-refractivity contribution is -0.128. The molecule has 7 heteroatoms. The standard InChI is InChI=1S/C18H20N2O3S2/c1-24-14-7-5-12(6-8-14)11-15-17(22)20(18(23)25-15)10-9-19-16(21)13-3-2-4-13/h5-8,11,13H,2-4,9-10H2,1H3,(H,19,21)/b15-11+. The van der Waals surface area contributed by atoms with E-state index in [0.717, 1.165) is 41.5 Å². The minimum Gasteiger partial charge on any atom is -0.354 e. The summed E-state index contributed by atoms with van der Waals surface area (Å²) in [5.74, 6) is -0.149. The largest absolute Gasteiger partial charge is 0.354 e. The fraction of sp³-hybridized carbons (Fsp3) is 0.389. The molecule has 1 aliphatic carbocycles. The van der Waals surface area contributed by atoms with Crippen molar-refractivity contribution in [3.63, 3.8) is 0 Å². The van der Waals surface area contributed by atoms with Gasteiger partial charge in [-0.15, -0.1) is 11.8 Å². The van der Waals surface area contributed by atoms with Crippen LogP contribution in [0.3, 0.4) is 0 Å². The monoisotopic (exact) mass is 376 g/mol. The van der Waals surface area contributed by atoms with Crippen molar-refractivity contribution in [2.45, 2.75) is 24.2 Å². The van der Waals surface area contributed by atoms with Gasteiger partial charge < -0.3 is 5.32 Å². The molecule has 5 nitrogen and oxygen atoms in total. The molecular weight excluding hydrogens is 356 g/mol. The normalized spacial score (nSPS) is 19.4. The van der Waals surface area contributed by atoms with E-state index in [4.69, 9.17) is 0 Å². The molecule has 1 aromatic rings. The van der Waals surface area contributed by atoms with Gasteiger partial charge >= 0.3 is 0 Å². The van der Waals surface area contributed by atoms with Gasteiger partial charge in [0.15, 0.2) is 0 Å². The highest BCUT2D eigenvalue weighted by atomic mass is 32.2. The van der Waals surface area contributed by atoms with Crippen LogP contribution < -0.4 is 5.32 Å². The van der Waals surface area contributed by atoms with E-state index < -0.39 is 0 Å². The minimum absolute atomic E-state index is 0.0302. The van der Waals surface area contributed by atoms with Crippen LogP contribution in [0.5, 0.6) is 0 Å². The van der Waals surface area contributed by atoms with Gasteiger partial charge in [0.25, 0.3) is 11.1 Å². The molecule has 132 valence electrons. The summed E-state index contributed by atoms with van der Waals surface area (Å²) in [5.41, 5.74) is 0.890. The molecule has 3 amide bonds. The molecule has 0 atom stereocenters. The third-order valence-corrected chi connectivity index (χ3v) is 6.05. The number of amides is 3. The van der Waals surface area contributed by atoms with Gasteiger partial charge in [-0.2, -0.15) is 0 Å². The number of nitrogens with one attached hydrogen (secondary N) is 1. The van der Waals surface area contributed by atoms with Crippen LogP contribution in [0.2, 0.25) is 0 Å². The molecule has 0 aromatic heterocycles. The summed E-state index contributed by atoms with van der Waals surface area (Å²) < 4.78 is 0. The molecule has 1 N–H and O–H groups in total. The van der Waals surface area contributed by atoms with Gasteiger partial charge in [-0.3, -0.25) is 19.3 Å². The first-order valence-corrected chi connectivity index (χ1v) is 10.3. The average Bonchev–Trinajstić information content (AvgIpc) is 2.81. The molecule has 1 aromatic carbocycles. The highest BCUT2D eigenvalue weighted by Gasteiger charge is 2.35. The van der Waals surface area contributed by atoms with Crippen LogP contribution in [0, 0.1) is 5.92 Å². The lowest BCUT2D eigenvalue weighted by Crippen LogP contribution is -2.40. The van der Waals surface area contributed by atoms with Crippen LogP contribution in [0.1, 0.15) is 24.8 Å². The molecule has 1 aliphatic heterocycles. The number of benzene rings is 1.